The Morgan fingerprint density at radius 3 is 2.62 bits per heavy atom. The first-order valence-corrected chi connectivity index (χ1v) is 8.02. The lowest BCUT2D eigenvalue weighted by molar-refractivity contribution is -0.130. The predicted molar refractivity (Wildman–Crippen MR) is 85.9 cm³/mol. The molecule has 0 saturated carbocycles. The van der Waals surface area contributed by atoms with Gasteiger partial charge < -0.3 is 20.1 Å². The Labute approximate surface area is 140 Å². The van der Waals surface area contributed by atoms with Gasteiger partial charge in [0, 0.05) is 31.6 Å². The van der Waals surface area contributed by atoms with Gasteiger partial charge in [-0.25, -0.2) is 4.39 Å². The second kappa shape index (κ2) is 8.21. The molecule has 0 aliphatic carbocycles. The highest BCUT2D eigenvalue weighted by atomic mass is 19.1. The van der Waals surface area contributed by atoms with Crippen LogP contribution in [-0.4, -0.2) is 59.8 Å². The number of rotatable bonds is 6. The molecular formula is C17H23FN2O4. The molecule has 24 heavy (non-hydrogen) atoms. The third-order valence-corrected chi connectivity index (χ3v) is 3.77. The number of carbonyl (C=O) groups excluding carboxylic acids is 2. The van der Waals surface area contributed by atoms with Gasteiger partial charge in [0.1, 0.15) is 11.9 Å². The van der Waals surface area contributed by atoms with Crippen LogP contribution >= 0.6 is 0 Å². The maximum atomic E-state index is 12.8. The van der Waals surface area contributed by atoms with Gasteiger partial charge in [0.15, 0.2) is 0 Å². The lowest BCUT2D eigenvalue weighted by Gasteiger charge is -2.18. The summed E-state index contributed by atoms with van der Waals surface area (Å²) in [7, 11) is 0. The molecule has 1 aromatic carbocycles. The predicted octanol–water partition coefficient (Wildman–Crippen LogP) is 0.942. The molecular weight excluding hydrogens is 315 g/mol. The van der Waals surface area contributed by atoms with Crippen molar-refractivity contribution in [2.24, 2.45) is 0 Å². The molecule has 1 fully saturated rings. The van der Waals surface area contributed by atoms with E-state index in [4.69, 9.17) is 4.74 Å². The van der Waals surface area contributed by atoms with Crippen molar-refractivity contribution in [3.05, 3.63) is 35.6 Å². The third kappa shape index (κ3) is 5.01. The summed E-state index contributed by atoms with van der Waals surface area (Å²) in [5.74, 6) is -0.916. The van der Waals surface area contributed by atoms with Gasteiger partial charge >= 0.3 is 0 Å². The summed E-state index contributed by atoms with van der Waals surface area (Å²) in [5, 5.41) is 12.5. The van der Waals surface area contributed by atoms with E-state index in [1.165, 1.54) is 24.3 Å². The van der Waals surface area contributed by atoms with Gasteiger partial charge in [0.05, 0.1) is 12.2 Å². The van der Waals surface area contributed by atoms with Crippen LogP contribution in [-0.2, 0) is 9.53 Å². The van der Waals surface area contributed by atoms with Gasteiger partial charge in [-0.15, -0.1) is 0 Å². The van der Waals surface area contributed by atoms with Crippen molar-refractivity contribution < 1.29 is 23.8 Å². The largest absolute Gasteiger partial charge is 0.388 e. The summed E-state index contributed by atoms with van der Waals surface area (Å²) in [5.41, 5.74) is 0.339. The SMILES string of the molecule is CC(C)O[C@@H]1CN(C(=O)CCNC(=O)c2ccc(F)cc2)C[C@H]1O. The van der Waals surface area contributed by atoms with Crippen LogP contribution in [0.3, 0.4) is 0 Å². The Balaban J connectivity index is 1.75. The molecule has 0 bridgehead atoms. The Bertz CT molecular complexity index is 576. The molecule has 2 atom stereocenters. The first kappa shape index (κ1) is 18.4. The first-order chi connectivity index (χ1) is 11.4. The zero-order valence-electron chi connectivity index (χ0n) is 13.9. The summed E-state index contributed by atoms with van der Waals surface area (Å²) in [6.45, 7) is 4.52. The van der Waals surface area contributed by atoms with E-state index in [0.717, 1.165) is 0 Å². The summed E-state index contributed by atoms with van der Waals surface area (Å²) in [6.07, 6.45) is -0.948. The van der Waals surface area contributed by atoms with E-state index >= 15 is 0 Å². The van der Waals surface area contributed by atoms with Crippen LogP contribution in [0.25, 0.3) is 0 Å². The maximum Gasteiger partial charge on any atom is 0.251 e. The molecule has 1 aromatic rings. The molecule has 1 heterocycles. The van der Waals surface area contributed by atoms with Crippen molar-refractivity contribution >= 4 is 11.8 Å². The van der Waals surface area contributed by atoms with Crippen LogP contribution in [0.15, 0.2) is 24.3 Å². The third-order valence-electron chi connectivity index (χ3n) is 3.77. The number of nitrogens with one attached hydrogen (secondary N) is 1. The fraction of sp³-hybridized carbons (Fsp3) is 0.529. The van der Waals surface area contributed by atoms with Gasteiger partial charge in [-0.3, -0.25) is 9.59 Å². The lowest BCUT2D eigenvalue weighted by atomic mass is 10.2. The minimum atomic E-state index is -0.690. The molecule has 0 spiro atoms. The topological polar surface area (TPSA) is 78.9 Å². The number of aliphatic hydroxyl groups is 1. The van der Waals surface area contributed by atoms with E-state index in [1.807, 2.05) is 13.8 Å². The van der Waals surface area contributed by atoms with Gasteiger partial charge in [0.25, 0.3) is 5.91 Å². The number of β-amino-alcohol motifs (C(OH)–C–C–N with tert-alkyl or cyclic N) is 1. The number of benzene rings is 1. The van der Waals surface area contributed by atoms with Gasteiger partial charge in [0.2, 0.25) is 5.91 Å². The molecule has 1 saturated heterocycles. The number of amides is 2. The van der Waals surface area contributed by atoms with E-state index < -0.39 is 11.9 Å². The van der Waals surface area contributed by atoms with Crippen molar-refractivity contribution in [2.45, 2.75) is 38.6 Å². The van der Waals surface area contributed by atoms with Crippen LogP contribution in [0.4, 0.5) is 4.39 Å². The van der Waals surface area contributed by atoms with Crippen LogP contribution < -0.4 is 5.32 Å². The monoisotopic (exact) mass is 338 g/mol. The number of hydrogen-bond acceptors (Lipinski definition) is 4. The zero-order chi connectivity index (χ0) is 17.7. The second-order valence-electron chi connectivity index (χ2n) is 6.10. The van der Waals surface area contributed by atoms with Crippen molar-refractivity contribution in [3.8, 4) is 0 Å². The molecule has 2 N–H and O–H groups in total. The zero-order valence-corrected chi connectivity index (χ0v) is 13.9. The van der Waals surface area contributed by atoms with E-state index in [-0.39, 0.29) is 43.5 Å². The molecule has 0 unspecified atom stereocenters. The minimum absolute atomic E-state index is 0.0188. The number of aliphatic hydroxyl groups excluding tert-OH is 1. The number of nitrogens with zero attached hydrogens (tertiary/aromatic N) is 1. The van der Waals surface area contributed by atoms with Crippen molar-refractivity contribution in [1.29, 1.82) is 0 Å². The van der Waals surface area contributed by atoms with E-state index in [9.17, 15) is 19.1 Å². The summed E-state index contributed by atoms with van der Waals surface area (Å²) >= 11 is 0. The summed E-state index contributed by atoms with van der Waals surface area (Å²) in [4.78, 5) is 25.6. The number of likely N-dealkylation sites (tertiary alicyclic amines) is 1. The Morgan fingerprint density at radius 1 is 1.33 bits per heavy atom. The molecule has 2 amide bonds. The molecule has 1 aliphatic rings. The minimum Gasteiger partial charge on any atom is -0.388 e. The normalized spacial score (nSPS) is 20.5. The van der Waals surface area contributed by atoms with Crippen LogP contribution in [0.5, 0.6) is 0 Å². The van der Waals surface area contributed by atoms with Crippen molar-refractivity contribution in [2.75, 3.05) is 19.6 Å². The lowest BCUT2D eigenvalue weighted by Crippen LogP contribution is -2.34. The average molecular weight is 338 g/mol. The van der Waals surface area contributed by atoms with Gasteiger partial charge in [-0.2, -0.15) is 0 Å². The fourth-order valence-electron chi connectivity index (χ4n) is 2.59. The summed E-state index contributed by atoms with van der Waals surface area (Å²) in [6, 6.07) is 5.19. The van der Waals surface area contributed by atoms with Crippen LogP contribution in [0, 0.1) is 5.82 Å². The maximum absolute atomic E-state index is 12.8. The number of carbonyl (C=O) groups is 2. The van der Waals surface area contributed by atoms with Gasteiger partial charge in [-0.1, -0.05) is 0 Å². The van der Waals surface area contributed by atoms with E-state index in [1.54, 1.807) is 4.90 Å². The van der Waals surface area contributed by atoms with Crippen molar-refractivity contribution in [3.63, 3.8) is 0 Å². The fourth-order valence-corrected chi connectivity index (χ4v) is 2.59. The van der Waals surface area contributed by atoms with E-state index in [0.29, 0.717) is 12.1 Å². The Hall–Kier alpha value is -1.99. The Morgan fingerprint density at radius 2 is 2.00 bits per heavy atom. The van der Waals surface area contributed by atoms with Gasteiger partial charge in [-0.05, 0) is 38.1 Å². The average Bonchev–Trinajstić information content (AvgIpc) is 2.88. The molecule has 1 aliphatic heterocycles. The van der Waals surface area contributed by atoms with E-state index in [2.05, 4.69) is 5.32 Å². The number of halogens is 1. The molecule has 132 valence electrons. The molecule has 6 nitrogen and oxygen atoms in total. The molecule has 0 aromatic heterocycles. The highest BCUT2D eigenvalue weighted by Gasteiger charge is 2.34. The first-order valence-electron chi connectivity index (χ1n) is 8.02. The quantitative estimate of drug-likeness (QED) is 0.809. The summed E-state index contributed by atoms with van der Waals surface area (Å²) < 4.78 is 18.4. The standard InChI is InChI=1S/C17H23FN2O4/c1-11(2)24-15-10-20(9-14(15)21)16(22)7-8-19-17(23)12-3-5-13(18)6-4-12/h3-6,11,14-15,21H,7-10H2,1-2H3,(H,19,23)/t14-,15-/m1/s1. The molecule has 0 radical (unpaired) electrons. The Kier molecular flexibility index (Phi) is 6.28. The van der Waals surface area contributed by atoms with Crippen molar-refractivity contribution in [1.82, 2.24) is 10.2 Å². The number of ether oxygens (including phenoxy) is 1. The van der Waals surface area contributed by atoms with Crippen LogP contribution in [0.2, 0.25) is 0 Å². The smallest absolute Gasteiger partial charge is 0.251 e. The highest BCUT2D eigenvalue weighted by Crippen LogP contribution is 2.16. The molecule has 2 rings (SSSR count). The molecule has 7 heteroatoms. The van der Waals surface area contributed by atoms with Crippen LogP contribution in [0.1, 0.15) is 30.6 Å². The number of hydrogen-bond donors (Lipinski definition) is 2. The second-order valence-corrected chi connectivity index (χ2v) is 6.10. The highest BCUT2D eigenvalue weighted by molar-refractivity contribution is 5.94.